The molecule has 1 aromatic rings. The average Bonchev–Trinajstić information content (AvgIpc) is 3.38. The molecule has 5 nitrogen and oxygen atoms in total. The fraction of sp³-hybridized carbons (Fsp3) is 0.579. The summed E-state index contributed by atoms with van der Waals surface area (Å²) in [5, 5.41) is 0. The highest BCUT2D eigenvalue weighted by Gasteiger charge is 2.81. The average molecular weight is 585 g/mol. The van der Waals surface area contributed by atoms with Gasteiger partial charge in [-0.15, -0.1) is 0 Å². The fourth-order valence-electron chi connectivity index (χ4n) is 9.27. The van der Waals surface area contributed by atoms with Crippen molar-refractivity contribution in [3.63, 3.8) is 0 Å². The Morgan fingerprint density at radius 2 is 1.44 bits per heavy atom. The number of fused-ring (bicyclic) bond motifs is 3. The highest BCUT2D eigenvalue weighted by Crippen LogP contribution is 2.73. The van der Waals surface area contributed by atoms with Crippen LogP contribution in [0.1, 0.15) is 117 Å². The minimum absolute atomic E-state index is 0.0478. The third kappa shape index (κ3) is 4.09. The van der Waals surface area contributed by atoms with E-state index in [1.54, 1.807) is 0 Å². The van der Waals surface area contributed by atoms with Crippen LogP contribution in [0.25, 0.3) is 0 Å². The maximum Gasteiger partial charge on any atom is 0.321 e. The molecule has 3 aliphatic carbocycles. The smallest absolute Gasteiger partial charge is 0.321 e. The van der Waals surface area contributed by atoms with E-state index in [1.807, 2.05) is 78.0 Å². The SMILES string of the molecule is CC(C)=CCC1CC2(CC=C(C)C)C(=O)OC(CC=C(C)C)(C2=O)C(=O)C23C(=O)c4ccccc4C(C)(C)C2CCC13C. The van der Waals surface area contributed by atoms with Gasteiger partial charge in [0.25, 0.3) is 0 Å². The standard InChI is InChI=1S/C38H48O5/c1-23(2)14-15-26-22-36(20-16-24(3)4)31(40)37(43-33(36)42,21-17-25(5)6)32(41)38-29(18-19-35(26,38)9)34(7,8)28-13-11-10-12-27(28)30(38)39/h10-14,16-17,26,29H,15,18-22H2,1-9H3. The predicted octanol–water partition coefficient (Wildman–Crippen LogP) is 8.07. The Morgan fingerprint density at radius 3 is 2.07 bits per heavy atom. The molecule has 0 amide bonds. The number of ketones is 3. The molecule has 2 saturated carbocycles. The molecule has 0 radical (unpaired) electrons. The van der Waals surface area contributed by atoms with Crippen molar-refractivity contribution in [3.8, 4) is 0 Å². The van der Waals surface area contributed by atoms with Crippen LogP contribution in [0, 0.1) is 28.1 Å². The number of esters is 1. The van der Waals surface area contributed by atoms with Gasteiger partial charge < -0.3 is 4.74 Å². The van der Waals surface area contributed by atoms with Crippen LogP contribution in [-0.2, 0) is 24.5 Å². The van der Waals surface area contributed by atoms with Gasteiger partial charge in [-0.2, -0.15) is 0 Å². The number of hydrogen-bond donors (Lipinski definition) is 0. The topological polar surface area (TPSA) is 77.5 Å². The van der Waals surface area contributed by atoms with Crippen molar-refractivity contribution in [1.82, 2.24) is 0 Å². The number of Topliss-reactive ketones (excluding diaryl/α,β-unsaturated/α-hetero) is 3. The van der Waals surface area contributed by atoms with Gasteiger partial charge in [0, 0.05) is 12.0 Å². The zero-order chi connectivity index (χ0) is 31.8. The third-order valence-electron chi connectivity index (χ3n) is 11.6. The summed E-state index contributed by atoms with van der Waals surface area (Å²) in [5.41, 5.74) is -1.79. The molecule has 1 saturated heterocycles. The van der Waals surface area contributed by atoms with Crippen LogP contribution in [0.3, 0.4) is 0 Å². The monoisotopic (exact) mass is 584 g/mol. The van der Waals surface area contributed by atoms with Gasteiger partial charge in [0.05, 0.1) is 0 Å². The predicted molar refractivity (Wildman–Crippen MR) is 169 cm³/mol. The molecule has 0 aromatic heterocycles. The second-order valence-electron chi connectivity index (χ2n) is 15.3. The van der Waals surface area contributed by atoms with E-state index in [9.17, 15) is 4.79 Å². The number of ether oxygens (including phenoxy) is 1. The van der Waals surface area contributed by atoms with E-state index in [-0.39, 0.29) is 36.9 Å². The zero-order valence-corrected chi connectivity index (χ0v) is 27.5. The lowest BCUT2D eigenvalue weighted by molar-refractivity contribution is -0.170. The summed E-state index contributed by atoms with van der Waals surface area (Å²) in [5.74, 6) is -2.37. The molecule has 1 aliphatic heterocycles. The van der Waals surface area contributed by atoms with Gasteiger partial charge in [-0.25, -0.2) is 0 Å². The molecule has 6 atom stereocenters. The Hall–Kier alpha value is -3.08. The molecule has 43 heavy (non-hydrogen) atoms. The Morgan fingerprint density at radius 1 is 0.837 bits per heavy atom. The molecular formula is C38H48O5. The van der Waals surface area contributed by atoms with Crippen molar-refractivity contribution >= 4 is 23.3 Å². The number of rotatable bonds is 6. The van der Waals surface area contributed by atoms with Gasteiger partial charge in [0.1, 0.15) is 10.8 Å². The maximum absolute atomic E-state index is 15.8. The molecule has 2 bridgehead atoms. The normalized spacial score (nSPS) is 35.6. The van der Waals surface area contributed by atoms with Crippen LogP contribution in [0.15, 0.2) is 59.2 Å². The molecule has 230 valence electrons. The Balaban J connectivity index is 1.89. The fourth-order valence-corrected chi connectivity index (χ4v) is 9.27. The summed E-state index contributed by atoms with van der Waals surface area (Å²) in [6.45, 7) is 18.2. The van der Waals surface area contributed by atoms with Crippen LogP contribution in [0.2, 0.25) is 0 Å². The van der Waals surface area contributed by atoms with Crippen LogP contribution < -0.4 is 0 Å². The second-order valence-corrected chi connectivity index (χ2v) is 15.3. The summed E-state index contributed by atoms with van der Waals surface area (Å²) in [6, 6.07) is 7.65. The van der Waals surface area contributed by atoms with Crippen molar-refractivity contribution in [2.45, 2.75) is 112 Å². The van der Waals surface area contributed by atoms with E-state index in [1.165, 1.54) is 0 Å². The lowest BCUT2D eigenvalue weighted by atomic mass is 9.41. The van der Waals surface area contributed by atoms with E-state index >= 15 is 14.4 Å². The molecule has 1 spiro atoms. The number of carbonyl (C=O) groups is 4. The van der Waals surface area contributed by atoms with E-state index in [4.69, 9.17) is 4.74 Å². The third-order valence-corrected chi connectivity index (χ3v) is 11.6. The van der Waals surface area contributed by atoms with Crippen LogP contribution in [0.5, 0.6) is 0 Å². The maximum atomic E-state index is 15.8. The van der Waals surface area contributed by atoms with E-state index < -0.39 is 44.8 Å². The van der Waals surface area contributed by atoms with Crippen LogP contribution >= 0.6 is 0 Å². The largest absolute Gasteiger partial charge is 0.442 e. The molecule has 5 heteroatoms. The van der Waals surface area contributed by atoms with Gasteiger partial charge in [-0.3, -0.25) is 19.2 Å². The van der Waals surface area contributed by atoms with Gasteiger partial charge >= 0.3 is 5.97 Å². The zero-order valence-electron chi connectivity index (χ0n) is 27.5. The Labute approximate surface area is 257 Å². The molecule has 5 rings (SSSR count). The van der Waals surface area contributed by atoms with E-state index in [2.05, 4.69) is 26.8 Å². The molecular weight excluding hydrogens is 536 g/mol. The first-order valence-corrected chi connectivity index (χ1v) is 15.9. The van der Waals surface area contributed by atoms with Crippen LogP contribution in [0.4, 0.5) is 0 Å². The first kappa shape index (κ1) is 31.3. The first-order chi connectivity index (χ1) is 20.0. The van der Waals surface area contributed by atoms with Gasteiger partial charge in [0.2, 0.25) is 11.4 Å². The summed E-state index contributed by atoms with van der Waals surface area (Å²) in [6.07, 6.45) is 8.22. The number of allylic oxidation sites excluding steroid dienone is 5. The Kier molecular flexibility index (Phi) is 7.47. The number of carbonyl (C=O) groups excluding carboxylic acids is 4. The second kappa shape index (κ2) is 10.2. The van der Waals surface area contributed by atoms with Crippen LogP contribution in [-0.4, -0.2) is 28.9 Å². The lowest BCUT2D eigenvalue weighted by Gasteiger charge is -2.57. The molecule has 3 fully saturated rings. The van der Waals surface area contributed by atoms with Gasteiger partial charge in [0.15, 0.2) is 11.6 Å². The van der Waals surface area contributed by atoms with Gasteiger partial charge in [-0.05, 0) is 102 Å². The van der Waals surface area contributed by atoms with Gasteiger partial charge in [-0.1, -0.05) is 80.0 Å². The Bertz CT molecular complexity index is 1490. The highest BCUT2D eigenvalue weighted by molar-refractivity contribution is 6.31. The van der Waals surface area contributed by atoms with Crippen molar-refractivity contribution in [2.24, 2.45) is 28.1 Å². The highest BCUT2D eigenvalue weighted by atomic mass is 16.6. The van der Waals surface area contributed by atoms with E-state index in [0.29, 0.717) is 24.8 Å². The summed E-state index contributed by atoms with van der Waals surface area (Å²) >= 11 is 0. The minimum Gasteiger partial charge on any atom is -0.442 e. The van der Waals surface area contributed by atoms with E-state index in [0.717, 1.165) is 22.3 Å². The molecule has 0 N–H and O–H groups in total. The lowest BCUT2D eigenvalue weighted by Crippen LogP contribution is -2.69. The summed E-state index contributed by atoms with van der Waals surface area (Å²) < 4.78 is 6.24. The quantitative estimate of drug-likeness (QED) is 0.192. The molecule has 1 aromatic carbocycles. The van der Waals surface area contributed by atoms with Crippen molar-refractivity contribution in [1.29, 1.82) is 0 Å². The molecule has 6 unspecified atom stereocenters. The molecule has 1 heterocycles. The summed E-state index contributed by atoms with van der Waals surface area (Å²) in [7, 11) is 0. The van der Waals surface area contributed by atoms with Crippen molar-refractivity contribution in [2.75, 3.05) is 0 Å². The first-order valence-electron chi connectivity index (χ1n) is 15.9. The molecule has 4 aliphatic rings. The minimum atomic E-state index is -2.03. The summed E-state index contributed by atoms with van der Waals surface area (Å²) in [4.78, 5) is 60.3. The number of hydrogen-bond acceptors (Lipinski definition) is 5. The van der Waals surface area contributed by atoms with Crippen molar-refractivity contribution in [3.05, 3.63) is 70.3 Å². The number of benzene rings is 1. The van der Waals surface area contributed by atoms with Crippen molar-refractivity contribution < 1.29 is 23.9 Å².